The third-order valence-corrected chi connectivity index (χ3v) is 6.06. The maximum Gasteiger partial charge on any atom is 0.691 e. The summed E-state index contributed by atoms with van der Waals surface area (Å²) in [6.45, 7) is 2.03. The van der Waals surface area contributed by atoms with Crippen molar-refractivity contribution >= 4 is 22.7 Å². The van der Waals surface area contributed by atoms with Gasteiger partial charge in [0.05, 0.1) is 0 Å². The Morgan fingerprint density at radius 1 is 1.60 bits per heavy atom. The number of hydrogen-bond donors (Lipinski definition) is 0. The minimum atomic E-state index is -4.00. The van der Waals surface area contributed by atoms with Crippen LogP contribution in [0.4, 0.5) is 4.20 Å². The highest BCUT2D eigenvalue weighted by Gasteiger charge is 2.50. The highest BCUT2D eigenvalue weighted by molar-refractivity contribution is 7.54. The van der Waals surface area contributed by atoms with Gasteiger partial charge in [-0.3, -0.25) is 0 Å². The van der Waals surface area contributed by atoms with Crippen LogP contribution in [-0.2, 0) is 11.7 Å². The molecule has 0 radical (unpaired) electrons. The van der Waals surface area contributed by atoms with E-state index in [0.29, 0.717) is 0 Å². The molecule has 0 aromatic heterocycles. The summed E-state index contributed by atoms with van der Waals surface area (Å²) in [6.07, 6.45) is 2.00. The fraction of sp³-hybridized carbons (Fsp3) is 1.00. The zero-order valence-corrected chi connectivity index (χ0v) is 7.80. The minimum Gasteiger partial charge on any atom is -0.385 e. The van der Waals surface area contributed by atoms with Crippen LogP contribution < -0.4 is 0 Å². The van der Waals surface area contributed by atoms with Gasteiger partial charge in [-0.25, -0.2) is 4.57 Å². The van der Waals surface area contributed by atoms with Crippen LogP contribution in [0, 0.1) is 0 Å². The first-order valence-corrected chi connectivity index (χ1v) is 6.50. The van der Waals surface area contributed by atoms with Crippen LogP contribution in [0.25, 0.3) is 0 Å². The lowest BCUT2D eigenvalue weighted by molar-refractivity contribution is 0.236. The van der Waals surface area contributed by atoms with Gasteiger partial charge < -0.3 is 7.15 Å². The van der Waals surface area contributed by atoms with Gasteiger partial charge in [0.1, 0.15) is 0 Å². The van der Waals surface area contributed by atoms with E-state index in [-0.39, 0.29) is 0 Å². The molecule has 0 aliphatic carbocycles. The fourth-order valence-corrected chi connectivity index (χ4v) is 4.66. The number of rotatable bonds is 3. The van der Waals surface area contributed by atoms with Crippen molar-refractivity contribution in [1.82, 2.24) is 0 Å². The van der Waals surface area contributed by atoms with Gasteiger partial charge in [-0.05, 0) is 5.28 Å². The molecular formula is C4H9AlFO3P. The second-order valence-electron chi connectivity index (χ2n) is 2.21. The molecule has 0 bridgehead atoms. The lowest BCUT2D eigenvalue weighted by atomic mass is 10.4. The van der Waals surface area contributed by atoms with E-state index in [1.54, 1.807) is 0 Å². The van der Waals surface area contributed by atoms with Gasteiger partial charge in [0.2, 0.25) is 0 Å². The Morgan fingerprint density at radius 3 is 2.60 bits per heavy atom. The number of unbranched alkanes of at least 4 members (excludes halogenated alkanes) is 1. The van der Waals surface area contributed by atoms with E-state index >= 15 is 0 Å². The minimum absolute atomic E-state index is 0.768. The second-order valence-corrected chi connectivity index (χ2v) is 6.20. The summed E-state index contributed by atoms with van der Waals surface area (Å²) < 4.78 is 31.1. The summed E-state index contributed by atoms with van der Waals surface area (Å²) in [7, 11) is -4.00. The summed E-state index contributed by atoms with van der Waals surface area (Å²) in [5.41, 5.74) is 0. The largest absolute Gasteiger partial charge is 0.691 e. The first kappa shape index (κ1) is 8.71. The third-order valence-electron chi connectivity index (χ3n) is 1.28. The normalized spacial score (nSPS) is 22.4. The summed E-state index contributed by atoms with van der Waals surface area (Å²) in [6, 6.07) is 0. The molecule has 0 atom stereocenters. The van der Waals surface area contributed by atoms with E-state index in [2.05, 4.69) is 7.15 Å². The molecule has 0 aromatic rings. The number of hydrogen-bond acceptors (Lipinski definition) is 3. The highest BCUT2D eigenvalue weighted by atomic mass is 31.2. The monoisotopic (exact) mass is 182 g/mol. The molecule has 1 heterocycles. The van der Waals surface area contributed by atoms with Gasteiger partial charge in [-0.2, -0.15) is 0 Å². The molecular weight excluding hydrogens is 173 g/mol. The SMILES string of the molecule is CCC[CH2][Al]1[O]P(=O)(F)[O]1. The molecule has 1 fully saturated rings. The van der Waals surface area contributed by atoms with Gasteiger partial charge in [0.15, 0.2) is 0 Å². The predicted molar refractivity (Wildman–Crippen MR) is 36.4 cm³/mol. The molecule has 0 N–H and O–H groups in total. The third kappa shape index (κ3) is 2.34. The molecule has 1 saturated heterocycles. The second kappa shape index (κ2) is 3.34. The van der Waals surface area contributed by atoms with Crippen LogP contribution in [0.2, 0.25) is 5.28 Å². The Bertz CT molecular complexity index is 155. The molecule has 1 rings (SSSR count). The molecule has 58 valence electrons. The maximum atomic E-state index is 12.0. The first-order valence-electron chi connectivity index (χ1n) is 3.30. The van der Waals surface area contributed by atoms with Crippen molar-refractivity contribution < 1.29 is 15.9 Å². The standard InChI is InChI=1S/C4H9.Al.FH2O3P/c1-3-4-2;;1-5(2,3)4/h1,3-4H2,2H3;;(H2,2,3,4)/q;+2;/p-2. The average molecular weight is 182 g/mol. The predicted octanol–water partition coefficient (Wildman–Crippen LogP) is 2.40. The van der Waals surface area contributed by atoms with E-state index in [1.165, 1.54) is 0 Å². The summed E-state index contributed by atoms with van der Waals surface area (Å²) in [5.74, 6) is 0. The average Bonchev–Trinajstić information content (AvgIpc) is 1.78. The summed E-state index contributed by atoms with van der Waals surface area (Å²) >= 11 is -1.78. The van der Waals surface area contributed by atoms with Crippen molar-refractivity contribution in [1.29, 1.82) is 0 Å². The van der Waals surface area contributed by atoms with Gasteiger partial charge in [0, 0.05) is 0 Å². The lowest BCUT2D eigenvalue weighted by Crippen LogP contribution is -2.28. The van der Waals surface area contributed by atoms with Crippen LogP contribution in [0.1, 0.15) is 19.8 Å². The molecule has 0 amide bonds. The van der Waals surface area contributed by atoms with Gasteiger partial charge in [0.25, 0.3) is 0 Å². The molecule has 6 heteroatoms. The zero-order chi connectivity index (χ0) is 7.61. The van der Waals surface area contributed by atoms with Crippen molar-refractivity contribution in [2.24, 2.45) is 0 Å². The number of halogens is 1. The lowest BCUT2D eigenvalue weighted by Gasteiger charge is -2.25. The van der Waals surface area contributed by atoms with Crippen LogP contribution in [0.3, 0.4) is 0 Å². The van der Waals surface area contributed by atoms with Crippen molar-refractivity contribution in [3.8, 4) is 0 Å². The van der Waals surface area contributed by atoms with E-state index in [4.69, 9.17) is 0 Å². The summed E-state index contributed by atoms with van der Waals surface area (Å²) in [5, 5.41) is 0.768. The van der Waals surface area contributed by atoms with E-state index in [0.717, 1.165) is 18.1 Å². The molecule has 3 nitrogen and oxygen atoms in total. The Labute approximate surface area is 64.2 Å². The zero-order valence-electron chi connectivity index (χ0n) is 5.75. The Morgan fingerprint density at radius 2 is 2.20 bits per heavy atom. The Balaban J connectivity index is 2.09. The Kier molecular flexibility index (Phi) is 2.91. The molecule has 1 aliphatic heterocycles. The van der Waals surface area contributed by atoms with Crippen molar-refractivity contribution in [2.75, 3.05) is 0 Å². The van der Waals surface area contributed by atoms with E-state index in [1.807, 2.05) is 6.92 Å². The van der Waals surface area contributed by atoms with Crippen LogP contribution >= 0.6 is 7.91 Å². The Hall–Kier alpha value is 0.612. The van der Waals surface area contributed by atoms with Crippen LogP contribution in [0.15, 0.2) is 0 Å². The fourth-order valence-electron chi connectivity index (χ4n) is 0.765. The quantitative estimate of drug-likeness (QED) is 0.496. The first-order chi connectivity index (χ1) is 4.64. The molecule has 0 saturated carbocycles. The molecule has 1 aliphatic rings. The topological polar surface area (TPSA) is 35.5 Å². The van der Waals surface area contributed by atoms with Crippen molar-refractivity contribution in [2.45, 2.75) is 25.0 Å². The molecule has 0 aromatic carbocycles. The van der Waals surface area contributed by atoms with E-state index < -0.39 is 22.7 Å². The summed E-state index contributed by atoms with van der Waals surface area (Å²) in [4.78, 5) is 0. The van der Waals surface area contributed by atoms with Crippen LogP contribution in [-0.4, -0.2) is 14.8 Å². The molecule has 10 heavy (non-hydrogen) atoms. The van der Waals surface area contributed by atoms with Crippen molar-refractivity contribution in [3.05, 3.63) is 0 Å². The van der Waals surface area contributed by atoms with Crippen LogP contribution in [0.5, 0.6) is 0 Å². The van der Waals surface area contributed by atoms with E-state index in [9.17, 15) is 8.76 Å². The van der Waals surface area contributed by atoms with Gasteiger partial charge in [-0.1, -0.05) is 19.8 Å². The van der Waals surface area contributed by atoms with Gasteiger partial charge in [-0.15, -0.1) is 4.20 Å². The smallest absolute Gasteiger partial charge is 0.385 e. The molecule has 0 unspecified atom stereocenters. The maximum absolute atomic E-state index is 12.0. The van der Waals surface area contributed by atoms with Crippen molar-refractivity contribution in [3.63, 3.8) is 0 Å². The highest BCUT2D eigenvalue weighted by Crippen LogP contribution is 2.60. The van der Waals surface area contributed by atoms with Gasteiger partial charge >= 0.3 is 22.7 Å². The molecule has 0 spiro atoms.